The van der Waals surface area contributed by atoms with E-state index in [1.165, 1.54) is 37.2 Å². The SMILES string of the molecule is CCc1cc(NC2CCCCC2C)n(C)n1. The Bertz CT molecular complexity index is 343. The van der Waals surface area contributed by atoms with Crippen LogP contribution in [0.25, 0.3) is 0 Å². The first-order valence-electron chi connectivity index (χ1n) is 6.50. The number of nitrogens with zero attached hydrogens (tertiary/aromatic N) is 2. The highest BCUT2D eigenvalue weighted by molar-refractivity contribution is 5.38. The number of aromatic nitrogens is 2. The third-order valence-electron chi connectivity index (χ3n) is 3.74. The number of hydrogen-bond acceptors (Lipinski definition) is 2. The summed E-state index contributed by atoms with van der Waals surface area (Å²) in [5.74, 6) is 1.96. The lowest BCUT2D eigenvalue weighted by Gasteiger charge is -2.30. The van der Waals surface area contributed by atoms with Crippen molar-refractivity contribution in [3.8, 4) is 0 Å². The van der Waals surface area contributed by atoms with Crippen LogP contribution in [0.4, 0.5) is 5.82 Å². The molecule has 0 bridgehead atoms. The van der Waals surface area contributed by atoms with E-state index < -0.39 is 0 Å². The Morgan fingerprint density at radius 3 is 2.81 bits per heavy atom. The molecule has 0 saturated heterocycles. The van der Waals surface area contributed by atoms with E-state index in [1.54, 1.807) is 0 Å². The molecule has 1 aliphatic rings. The number of rotatable bonds is 3. The molecule has 0 amide bonds. The molecular formula is C13H23N3. The minimum absolute atomic E-state index is 0.633. The molecule has 0 aromatic carbocycles. The van der Waals surface area contributed by atoms with Gasteiger partial charge in [0.1, 0.15) is 5.82 Å². The molecule has 1 saturated carbocycles. The predicted octanol–water partition coefficient (Wildman–Crippen LogP) is 2.97. The Morgan fingerprint density at radius 1 is 1.44 bits per heavy atom. The van der Waals surface area contributed by atoms with E-state index in [1.807, 2.05) is 11.7 Å². The summed E-state index contributed by atoms with van der Waals surface area (Å²) < 4.78 is 1.97. The highest BCUT2D eigenvalue weighted by atomic mass is 15.3. The van der Waals surface area contributed by atoms with Crippen LogP contribution in [0.3, 0.4) is 0 Å². The second-order valence-corrected chi connectivity index (χ2v) is 5.01. The van der Waals surface area contributed by atoms with Crippen LogP contribution in [-0.4, -0.2) is 15.8 Å². The fourth-order valence-electron chi connectivity index (χ4n) is 2.56. The van der Waals surface area contributed by atoms with Crippen molar-refractivity contribution < 1.29 is 0 Å². The maximum atomic E-state index is 4.47. The van der Waals surface area contributed by atoms with Crippen molar-refractivity contribution in [2.45, 2.75) is 52.0 Å². The Balaban J connectivity index is 2.04. The van der Waals surface area contributed by atoms with Crippen molar-refractivity contribution in [1.82, 2.24) is 9.78 Å². The standard InChI is InChI=1S/C13H23N3/c1-4-11-9-13(16(3)15-11)14-12-8-6-5-7-10(12)2/h9-10,12,14H,4-8H2,1-3H3. The summed E-state index contributed by atoms with van der Waals surface area (Å²) in [5.41, 5.74) is 1.17. The average Bonchev–Trinajstić information content (AvgIpc) is 2.63. The summed E-state index contributed by atoms with van der Waals surface area (Å²) in [4.78, 5) is 0. The van der Waals surface area contributed by atoms with Crippen LogP contribution >= 0.6 is 0 Å². The lowest BCUT2D eigenvalue weighted by atomic mass is 9.86. The van der Waals surface area contributed by atoms with Gasteiger partial charge in [-0.05, 0) is 25.2 Å². The second kappa shape index (κ2) is 4.89. The summed E-state index contributed by atoms with van der Waals surface area (Å²) in [6, 6.07) is 2.82. The highest BCUT2D eigenvalue weighted by Crippen LogP contribution is 2.26. The van der Waals surface area contributed by atoms with E-state index in [-0.39, 0.29) is 0 Å². The summed E-state index contributed by atoms with van der Waals surface area (Å²) in [6.45, 7) is 4.50. The molecule has 2 rings (SSSR count). The molecule has 0 aliphatic heterocycles. The Hall–Kier alpha value is -0.990. The zero-order chi connectivity index (χ0) is 11.5. The van der Waals surface area contributed by atoms with Crippen LogP contribution in [0.2, 0.25) is 0 Å². The van der Waals surface area contributed by atoms with Gasteiger partial charge < -0.3 is 5.32 Å². The molecule has 3 nitrogen and oxygen atoms in total. The van der Waals surface area contributed by atoms with E-state index in [4.69, 9.17) is 0 Å². The van der Waals surface area contributed by atoms with E-state index in [2.05, 4.69) is 30.3 Å². The van der Waals surface area contributed by atoms with E-state index in [9.17, 15) is 0 Å². The van der Waals surface area contributed by atoms with Crippen molar-refractivity contribution in [2.75, 3.05) is 5.32 Å². The molecule has 90 valence electrons. The third kappa shape index (κ3) is 2.39. The molecule has 3 heteroatoms. The number of hydrogen-bond donors (Lipinski definition) is 1. The molecule has 0 spiro atoms. The van der Waals surface area contributed by atoms with Gasteiger partial charge >= 0.3 is 0 Å². The zero-order valence-electron chi connectivity index (χ0n) is 10.7. The molecule has 1 heterocycles. The molecular weight excluding hydrogens is 198 g/mol. The molecule has 16 heavy (non-hydrogen) atoms. The van der Waals surface area contributed by atoms with Crippen LogP contribution in [0.15, 0.2) is 6.07 Å². The lowest BCUT2D eigenvalue weighted by molar-refractivity contribution is 0.348. The molecule has 0 radical (unpaired) electrons. The van der Waals surface area contributed by atoms with Crippen molar-refractivity contribution in [3.63, 3.8) is 0 Å². The molecule has 1 fully saturated rings. The molecule has 1 aromatic heterocycles. The third-order valence-corrected chi connectivity index (χ3v) is 3.74. The predicted molar refractivity (Wildman–Crippen MR) is 67.6 cm³/mol. The quantitative estimate of drug-likeness (QED) is 0.850. The monoisotopic (exact) mass is 221 g/mol. The van der Waals surface area contributed by atoms with E-state index in [0.29, 0.717) is 6.04 Å². The van der Waals surface area contributed by atoms with E-state index in [0.717, 1.165) is 12.3 Å². The van der Waals surface area contributed by atoms with Gasteiger partial charge in [-0.15, -0.1) is 0 Å². The number of anilines is 1. The fraction of sp³-hybridized carbons (Fsp3) is 0.769. The van der Waals surface area contributed by atoms with E-state index >= 15 is 0 Å². The molecule has 1 aliphatic carbocycles. The lowest BCUT2D eigenvalue weighted by Crippen LogP contribution is -2.31. The van der Waals surface area contributed by atoms with Crippen LogP contribution in [0.1, 0.15) is 45.2 Å². The molecule has 2 atom stereocenters. The first-order chi connectivity index (χ1) is 7.70. The van der Waals surface area contributed by atoms with Gasteiger partial charge in [-0.3, -0.25) is 4.68 Å². The van der Waals surface area contributed by atoms with Crippen LogP contribution < -0.4 is 5.32 Å². The first-order valence-corrected chi connectivity index (χ1v) is 6.50. The van der Waals surface area contributed by atoms with Crippen LogP contribution in [0.5, 0.6) is 0 Å². The van der Waals surface area contributed by atoms with Crippen LogP contribution in [-0.2, 0) is 13.5 Å². The second-order valence-electron chi connectivity index (χ2n) is 5.01. The maximum absolute atomic E-state index is 4.47. The zero-order valence-corrected chi connectivity index (χ0v) is 10.7. The van der Waals surface area contributed by atoms with Gasteiger partial charge in [-0.25, -0.2) is 0 Å². The van der Waals surface area contributed by atoms with Crippen molar-refractivity contribution in [1.29, 1.82) is 0 Å². The van der Waals surface area contributed by atoms with Gasteiger partial charge in [0.05, 0.1) is 5.69 Å². The normalized spacial score (nSPS) is 25.7. The van der Waals surface area contributed by atoms with Gasteiger partial charge in [0.2, 0.25) is 0 Å². The number of nitrogens with one attached hydrogen (secondary N) is 1. The highest BCUT2D eigenvalue weighted by Gasteiger charge is 2.21. The Labute approximate surface area is 98.2 Å². The number of aryl methyl sites for hydroxylation is 2. The molecule has 1 aromatic rings. The first kappa shape index (κ1) is 11.5. The minimum Gasteiger partial charge on any atom is -0.367 e. The minimum atomic E-state index is 0.633. The maximum Gasteiger partial charge on any atom is 0.124 e. The van der Waals surface area contributed by atoms with Crippen molar-refractivity contribution in [3.05, 3.63) is 11.8 Å². The van der Waals surface area contributed by atoms with Gasteiger partial charge in [-0.1, -0.05) is 26.7 Å². The Kier molecular flexibility index (Phi) is 3.52. The smallest absolute Gasteiger partial charge is 0.124 e. The average molecular weight is 221 g/mol. The molecule has 1 N–H and O–H groups in total. The Morgan fingerprint density at radius 2 is 2.19 bits per heavy atom. The van der Waals surface area contributed by atoms with Gasteiger partial charge in [0.15, 0.2) is 0 Å². The van der Waals surface area contributed by atoms with Gasteiger partial charge in [0.25, 0.3) is 0 Å². The molecule has 2 unspecified atom stereocenters. The summed E-state index contributed by atoms with van der Waals surface area (Å²) in [7, 11) is 2.02. The largest absolute Gasteiger partial charge is 0.367 e. The van der Waals surface area contributed by atoms with Gasteiger partial charge in [0, 0.05) is 19.2 Å². The summed E-state index contributed by atoms with van der Waals surface area (Å²) >= 11 is 0. The van der Waals surface area contributed by atoms with Crippen LogP contribution in [0, 0.1) is 5.92 Å². The topological polar surface area (TPSA) is 29.9 Å². The van der Waals surface area contributed by atoms with Crippen molar-refractivity contribution in [2.24, 2.45) is 13.0 Å². The van der Waals surface area contributed by atoms with Crippen molar-refractivity contribution >= 4 is 5.82 Å². The summed E-state index contributed by atoms with van der Waals surface area (Å²) in [6.07, 6.45) is 6.42. The van der Waals surface area contributed by atoms with Gasteiger partial charge in [-0.2, -0.15) is 5.10 Å². The fourth-order valence-corrected chi connectivity index (χ4v) is 2.56. The summed E-state index contributed by atoms with van der Waals surface area (Å²) in [5, 5.41) is 8.13.